The molecule has 0 aliphatic carbocycles. The van der Waals surface area contributed by atoms with Crippen LogP contribution in [-0.4, -0.2) is 11.8 Å². The molecule has 0 saturated heterocycles. The van der Waals surface area contributed by atoms with Gasteiger partial charge in [-0.25, -0.2) is 0 Å². The van der Waals surface area contributed by atoms with Gasteiger partial charge >= 0.3 is 0 Å². The van der Waals surface area contributed by atoms with Crippen molar-refractivity contribution < 1.29 is 9.59 Å². The van der Waals surface area contributed by atoms with Crippen LogP contribution in [0.25, 0.3) is 11.1 Å². The van der Waals surface area contributed by atoms with Crippen LogP contribution < -0.4 is 10.2 Å². The number of carbonyl (C=O) groups is 2. The van der Waals surface area contributed by atoms with E-state index in [1.807, 2.05) is 42.5 Å². The van der Waals surface area contributed by atoms with Crippen molar-refractivity contribution in [2.45, 2.75) is 6.54 Å². The second kappa shape index (κ2) is 8.74. The van der Waals surface area contributed by atoms with Crippen LogP contribution in [0.3, 0.4) is 0 Å². The van der Waals surface area contributed by atoms with Crippen LogP contribution >= 0.6 is 23.2 Å². The first-order valence-corrected chi connectivity index (χ1v) is 11.1. The lowest BCUT2D eigenvalue weighted by atomic mass is 9.93. The van der Waals surface area contributed by atoms with Crippen LogP contribution in [0.15, 0.2) is 91.0 Å². The summed E-state index contributed by atoms with van der Waals surface area (Å²) in [7, 11) is 0. The fourth-order valence-corrected chi connectivity index (χ4v) is 4.41. The Balaban J connectivity index is 1.38. The van der Waals surface area contributed by atoms with Gasteiger partial charge in [0.2, 0.25) is 0 Å². The molecule has 2 amide bonds. The molecule has 4 aromatic rings. The number of nitrogens with one attached hydrogen (secondary N) is 1. The second-order valence-electron chi connectivity index (χ2n) is 7.70. The Kier molecular flexibility index (Phi) is 5.63. The molecule has 0 aromatic heterocycles. The summed E-state index contributed by atoms with van der Waals surface area (Å²) < 4.78 is 0. The highest BCUT2D eigenvalue weighted by molar-refractivity contribution is 6.44. The number of para-hydroxylation sites is 1. The normalized spacial score (nSPS) is 12.0. The molecule has 33 heavy (non-hydrogen) atoms. The number of hydrogen-bond donors (Lipinski definition) is 1. The molecule has 1 aliphatic heterocycles. The SMILES string of the molecule is O=C(Nc1ccc(C(=O)N2Cc3ccccc3-c3ccccc32)cc1)c1cccc(Cl)c1Cl. The van der Waals surface area contributed by atoms with E-state index in [9.17, 15) is 9.59 Å². The summed E-state index contributed by atoms with van der Waals surface area (Å²) in [5.41, 5.74) is 5.54. The van der Waals surface area contributed by atoms with Crippen LogP contribution in [0, 0.1) is 0 Å². The Morgan fingerprint density at radius 2 is 1.45 bits per heavy atom. The molecule has 4 aromatic carbocycles. The topological polar surface area (TPSA) is 49.4 Å². The van der Waals surface area contributed by atoms with Gasteiger partial charge in [0.15, 0.2) is 0 Å². The van der Waals surface area contributed by atoms with E-state index in [0.717, 1.165) is 22.4 Å². The van der Waals surface area contributed by atoms with E-state index in [-0.39, 0.29) is 22.4 Å². The van der Waals surface area contributed by atoms with Gasteiger partial charge in [-0.1, -0.05) is 71.7 Å². The van der Waals surface area contributed by atoms with Crippen molar-refractivity contribution in [3.8, 4) is 11.1 Å². The number of halogens is 2. The third kappa shape index (κ3) is 3.99. The van der Waals surface area contributed by atoms with Crippen molar-refractivity contribution in [2.24, 2.45) is 0 Å². The molecule has 5 rings (SSSR count). The molecule has 1 heterocycles. The van der Waals surface area contributed by atoms with E-state index in [1.165, 1.54) is 0 Å². The Morgan fingerprint density at radius 1 is 0.758 bits per heavy atom. The van der Waals surface area contributed by atoms with Gasteiger partial charge in [0.1, 0.15) is 0 Å². The number of fused-ring (bicyclic) bond motifs is 3. The van der Waals surface area contributed by atoms with E-state index >= 15 is 0 Å². The molecule has 0 atom stereocenters. The molecule has 0 saturated carbocycles. The summed E-state index contributed by atoms with van der Waals surface area (Å²) in [6, 6.07) is 27.8. The minimum atomic E-state index is -0.372. The minimum absolute atomic E-state index is 0.104. The average Bonchev–Trinajstić information content (AvgIpc) is 2.85. The molecule has 0 radical (unpaired) electrons. The minimum Gasteiger partial charge on any atom is -0.322 e. The first-order chi connectivity index (χ1) is 16.0. The van der Waals surface area contributed by atoms with Crippen molar-refractivity contribution in [1.82, 2.24) is 0 Å². The third-order valence-corrected chi connectivity index (χ3v) is 6.48. The lowest BCUT2D eigenvalue weighted by Gasteiger charge is -2.31. The van der Waals surface area contributed by atoms with Crippen LogP contribution in [-0.2, 0) is 6.54 Å². The lowest BCUT2D eigenvalue weighted by Crippen LogP contribution is -2.33. The van der Waals surface area contributed by atoms with Crippen LogP contribution in [0.2, 0.25) is 10.0 Å². The van der Waals surface area contributed by atoms with Gasteiger partial charge < -0.3 is 10.2 Å². The highest BCUT2D eigenvalue weighted by Crippen LogP contribution is 2.39. The van der Waals surface area contributed by atoms with Crippen LogP contribution in [0.1, 0.15) is 26.3 Å². The molecule has 0 bridgehead atoms. The Hall–Kier alpha value is -3.60. The quantitative estimate of drug-likeness (QED) is 0.346. The molecule has 0 unspecified atom stereocenters. The zero-order valence-corrected chi connectivity index (χ0v) is 18.9. The maximum absolute atomic E-state index is 13.4. The maximum atomic E-state index is 13.4. The zero-order chi connectivity index (χ0) is 22.9. The number of nitrogens with zero attached hydrogens (tertiary/aromatic N) is 1. The predicted octanol–water partition coefficient (Wildman–Crippen LogP) is 7.07. The second-order valence-corrected chi connectivity index (χ2v) is 8.48. The lowest BCUT2D eigenvalue weighted by molar-refractivity contribution is 0.0983. The number of benzene rings is 4. The van der Waals surface area contributed by atoms with Gasteiger partial charge in [-0.3, -0.25) is 9.59 Å². The predicted molar refractivity (Wildman–Crippen MR) is 133 cm³/mol. The highest BCUT2D eigenvalue weighted by atomic mass is 35.5. The fraction of sp³-hybridized carbons (Fsp3) is 0.0370. The molecule has 1 N–H and O–H groups in total. The van der Waals surface area contributed by atoms with Crippen molar-refractivity contribution in [2.75, 3.05) is 10.2 Å². The van der Waals surface area contributed by atoms with Gasteiger partial charge in [-0.15, -0.1) is 0 Å². The molecule has 0 fully saturated rings. The molecule has 1 aliphatic rings. The number of anilines is 2. The molecular formula is C27H18Cl2N2O2. The monoisotopic (exact) mass is 472 g/mol. The Labute approximate surface area is 201 Å². The smallest absolute Gasteiger partial charge is 0.258 e. The van der Waals surface area contributed by atoms with Gasteiger partial charge in [-0.05, 0) is 53.6 Å². The van der Waals surface area contributed by atoms with Crippen molar-refractivity contribution in [3.63, 3.8) is 0 Å². The van der Waals surface area contributed by atoms with Crippen LogP contribution in [0.5, 0.6) is 0 Å². The summed E-state index contributed by atoms with van der Waals surface area (Å²) in [6.07, 6.45) is 0. The van der Waals surface area contributed by atoms with E-state index in [2.05, 4.69) is 11.4 Å². The van der Waals surface area contributed by atoms with E-state index in [0.29, 0.717) is 22.8 Å². The van der Waals surface area contributed by atoms with Gasteiger partial charge in [0.25, 0.3) is 11.8 Å². The Bertz CT molecular complexity index is 1380. The first kappa shape index (κ1) is 21.3. The summed E-state index contributed by atoms with van der Waals surface area (Å²) in [5.74, 6) is -0.476. The maximum Gasteiger partial charge on any atom is 0.258 e. The number of hydrogen-bond acceptors (Lipinski definition) is 2. The van der Waals surface area contributed by atoms with E-state index < -0.39 is 0 Å². The molecule has 0 spiro atoms. The first-order valence-electron chi connectivity index (χ1n) is 10.4. The largest absolute Gasteiger partial charge is 0.322 e. The van der Waals surface area contributed by atoms with Gasteiger partial charge in [0, 0.05) is 16.8 Å². The molecular weight excluding hydrogens is 455 g/mol. The number of carbonyl (C=O) groups excluding carboxylic acids is 2. The fourth-order valence-electron chi connectivity index (χ4n) is 4.02. The van der Waals surface area contributed by atoms with Crippen molar-refractivity contribution in [3.05, 3.63) is 118 Å². The summed E-state index contributed by atoms with van der Waals surface area (Å²) in [5, 5.41) is 3.31. The van der Waals surface area contributed by atoms with Crippen molar-refractivity contribution in [1.29, 1.82) is 0 Å². The van der Waals surface area contributed by atoms with Gasteiger partial charge in [-0.2, -0.15) is 0 Å². The standard InChI is InChI=1S/C27H18Cl2N2O2/c28-23-10-5-9-22(25(23)29)26(32)30-19-14-12-17(13-15-19)27(33)31-16-18-6-1-2-7-20(18)21-8-3-4-11-24(21)31/h1-15H,16H2,(H,30,32). The summed E-state index contributed by atoms with van der Waals surface area (Å²) in [4.78, 5) is 27.8. The third-order valence-electron chi connectivity index (χ3n) is 5.66. The Morgan fingerprint density at radius 3 is 2.24 bits per heavy atom. The molecule has 6 heteroatoms. The van der Waals surface area contributed by atoms with Crippen molar-refractivity contribution >= 4 is 46.4 Å². The molecule has 4 nitrogen and oxygen atoms in total. The summed E-state index contributed by atoms with van der Waals surface area (Å²) in [6.45, 7) is 0.498. The highest BCUT2D eigenvalue weighted by Gasteiger charge is 2.26. The van der Waals surface area contributed by atoms with Gasteiger partial charge in [0.05, 0.1) is 27.8 Å². The molecule has 162 valence electrons. The number of rotatable bonds is 3. The number of amides is 2. The van der Waals surface area contributed by atoms with Crippen LogP contribution in [0.4, 0.5) is 11.4 Å². The summed E-state index contributed by atoms with van der Waals surface area (Å²) >= 11 is 12.1. The van der Waals surface area contributed by atoms with E-state index in [4.69, 9.17) is 23.2 Å². The average molecular weight is 473 g/mol. The zero-order valence-electron chi connectivity index (χ0n) is 17.4. The van der Waals surface area contributed by atoms with E-state index in [1.54, 1.807) is 47.4 Å².